The second kappa shape index (κ2) is 6.30. The minimum absolute atomic E-state index is 0.250. The summed E-state index contributed by atoms with van der Waals surface area (Å²) in [6.07, 6.45) is 0.927. The molecule has 1 aromatic heterocycles. The lowest BCUT2D eigenvalue weighted by molar-refractivity contribution is 0.100. The number of primary amides is 1. The molecule has 0 bridgehead atoms. The molecule has 0 spiro atoms. The molecule has 1 heterocycles. The van der Waals surface area contributed by atoms with Gasteiger partial charge in [-0.1, -0.05) is 37.3 Å². The van der Waals surface area contributed by atoms with Crippen LogP contribution in [0.1, 0.15) is 28.4 Å². The normalized spacial score (nSPS) is 11.3. The van der Waals surface area contributed by atoms with E-state index in [-0.39, 0.29) is 5.82 Å². The molecule has 26 heavy (non-hydrogen) atoms. The van der Waals surface area contributed by atoms with Crippen LogP contribution in [0.2, 0.25) is 0 Å². The fraction of sp³-hybridized carbons (Fsp3) is 0.136. The molecule has 3 aromatic carbocycles. The van der Waals surface area contributed by atoms with Gasteiger partial charge in [0.15, 0.2) is 0 Å². The molecular weight excluding hydrogens is 327 g/mol. The Labute approximate surface area is 150 Å². The van der Waals surface area contributed by atoms with E-state index in [4.69, 9.17) is 5.73 Å². The topological polar surface area (TPSA) is 48.0 Å². The van der Waals surface area contributed by atoms with Gasteiger partial charge < -0.3 is 10.3 Å². The van der Waals surface area contributed by atoms with Crippen molar-refractivity contribution in [2.45, 2.75) is 19.9 Å². The van der Waals surface area contributed by atoms with Gasteiger partial charge in [0.2, 0.25) is 5.91 Å². The van der Waals surface area contributed by atoms with E-state index in [1.54, 1.807) is 18.2 Å². The lowest BCUT2D eigenvalue weighted by Gasteiger charge is -2.09. The molecule has 1 amide bonds. The van der Waals surface area contributed by atoms with Gasteiger partial charge in [0.25, 0.3) is 0 Å². The Hall–Kier alpha value is -3.14. The van der Waals surface area contributed by atoms with Crippen molar-refractivity contribution in [1.29, 1.82) is 0 Å². The number of aryl methyl sites for hydroxylation is 1. The Morgan fingerprint density at radius 3 is 2.42 bits per heavy atom. The minimum Gasteiger partial charge on any atom is -0.366 e. The highest BCUT2D eigenvalue weighted by atomic mass is 19.1. The fourth-order valence-electron chi connectivity index (χ4n) is 3.56. The maximum Gasteiger partial charge on any atom is 0.249 e. The number of carbonyl (C=O) groups is 1. The van der Waals surface area contributed by atoms with Crippen molar-refractivity contribution in [3.63, 3.8) is 0 Å². The van der Waals surface area contributed by atoms with Crippen LogP contribution >= 0.6 is 0 Å². The third-order valence-corrected chi connectivity index (χ3v) is 4.88. The first kappa shape index (κ1) is 16.3. The molecule has 0 saturated heterocycles. The molecule has 0 aliphatic heterocycles. The molecule has 0 unspecified atom stereocenters. The number of nitrogens with zero attached hydrogens (tertiary/aromatic N) is 1. The highest BCUT2D eigenvalue weighted by Gasteiger charge is 2.16. The fourth-order valence-corrected chi connectivity index (χ4v) is 3.56. The molecule has 0 aliphatic carbocycles. The molecule has 0 aliphatic rings. The molecule has 4 aromatic rings. The van der Waals surface area contributed by atoms with Crippen molar-refractivity contribution in [1.82, 2.24) is 4.57 Å². The Morgan fingerprint density at radius 2 is 1.73 bits per heavy atom. The van der Waals surface area contributed by atoms with Gasteiger partial charge in [0.05, 0.1) is 5.52 Å². The van der Waals surface area contributed by atoms with Crippen LogP contribution in [0.4, 0.5) is 4.39 Å². The molecule has 0 radical (unpaired) electrons. The first-order valence-corrected chi connectivity index (χ1v) is 8.66. The van der Waals surface area contributed by atoms with Crippen molar-refractivity contribution >= 4 is 27.7 Å². The van der Waals surface area contributed by atoms with Gasteiger partial charge in [-0.25, -0.2) is 4.39 Å². The average Bonchev–Trinajstić information content (AvgIpc) is 2.96. The van der Waals surface area contributed by atoms with Crippen molar-refractivity contribution in [2.24, 2.45) is 5.73 Å². The number of aromatic nitrogens is 1. The summed E-state index contributed by atoms with van der Waals surface area (Å²) in [5.41, 5.74) is 10.4. The maximum absolute atomic E-state index is 13.3. The number of fused-ring (bicyclic) bond motifs is 3. The van der Waals surface area contributed by atoms with E-state index < -0.39 is 5.91 Å². The summed E-state index contributed by atoms with van der Waals surface area (Å²) in [4.78, 5) is 12.0. The molecular formula is C22H19FN2O. The smallest absolute Gasteiger partial charge is 0.249 e. The van der Waals surface area contributed by atoms with Crippen molar-refractivity contribution < 1.29 is 9.18 Å². The number of nitrogens with two attached hydrogens (primary N) is 1. The molecule has 3 nitrogen and oxygen atoms in total. The standard InChI is InChI=1S/C22H19FN2O/c1-2-14-8-11-17-20(12-14)25(13-15-6-9-16(23)10-7-15)19-5-3-4-18(21(17)19)22(24)26/h3-12H,2,13H2,1H3,(H2,24,26). The molecule has 0 atom stereocenters. The van der Waals surface area contributed by atoms with Gasteiger partial charge >= 0.3 is 0 Å². The lowest BCUT2D eigenvalue weighted by atomic mass is 10.0. The van der Waals surface area contributed by atoms with Crippen LogP contribution in [0.5, 0.6) is 0 Å². The zero-order chi connectivity index (χ0) is 18.3. The third kappa shape index (κ3) is 2.64. The average molecular weight is 346 g/mol. The Kier molecular flexibility index (Phi) is 3.96. The van der Waals surface area contributed by atoms with Gasteiger partial charge in [-0.2, -0.15) is 0 Å². The molecule has 2 N–H and O–H groups in total. The van der Waals surface area contributed by atoms with E-state index in [2.05, 4.69) is 29.7 Å². The Balaban J connectivity index is 2.03. The van der Waals surface area contributed by atoms with E-state index in [1.807, 2.05) is 12.1 Å². The summed E-state index contributed by atoms with van der Waals surface area (Å²) in [5, 5.41) is 1.88. The van der Waals surface area contributed by atoms with E-state index in [0.29, 0.717) is 12.1 Å². The minimum atomic E-state index is -0.434. The van der Waals surface area contributed by atoms with E-state index >= 15 is 0 Å². The first-order chi connectivity index (χ1) is 12.6. The van der Waals surface area contributed by atoms with E-state index in [0.717, 1.165) is 33.8 Å². The monoisotopic (exact) mass is 346 g/mol. The van der Waals surface area contributed by atoms with Gasteiger partial charge in [0, 0.05) is 28.4 Å². The summed E-state index contributed by atoms with van der Waals surface area (Å²) in [6, 6.07) is 18.4. The quantitative estimate of drug-likeness (QED) is 0.575. The zero-order valence-electron chi connectivity index (χ0n) is 14.5. The number of carbonyl (C=O) groups excluding carboxylic acids is 1. The van der Waals surface area contributed by atoms with Crippen LogP contribution in [0, 0.1) is 5.82 Å². The predicted molar refractivity (Wildman–Crippen MR) is 103 cm³/mol. The summed E-state index contributed by atoms with van der Waals surface area (Å²) >= 11 is 0. The van der Waals surface area contributed by atoms with Crippen molar-refractivity contribution in [3.8, 4) is 0 Å². The van der Waals surface area contributed by atoms with Gasteiger partial charge in [-0.05, 0) is 47.9 Å². The Morgan fingerprint density at radius 1 is 1.00 bits per heavy atom. The van der Waals surface area contributed by atoms with E-state index in [9.17, 15) is 9.18 Å². The van der Waals surface area contributed by atoms with Crippen LogP contribution in [0.15, 0.2) is 60.7 Å². The second-order valence-electron chi connectivity index (χ2n) is 6.48. The van der Waals surface area contributed by atoms with Crippen LogP contribution in [-0.4, -0.2) is 10.5 Å². The van der Waals surface area contributed by atoms with E-state index in [1.165, 1.54) is 17.7 Å². The third-order valence-electron chi connectivity index (χ3n) is 4.88. The Bertz CT molecular complexity index is 1130. The van der Waals surface area contributed by atoms with Crippen molar-refractivity contribution in [2.75, 3.05) is 0 Å². The molecule has 0 fully saturated rings. The first-order valence-electron chi connectivity index (χ1n) is 8.66. The summed E-state index contributed by atoms with van der Waals surface area (Å²) in [5.74, 6) is -0.684. The predicted octanol–water partition coefficient (Wildman–Crippen LogP) is 4.64. The summed E-state index contributed by atoms with van der Waals surface area (Å²) in [7, 11) is 0. The highest BCUT2D eigenvalue weighted by Crippen LogP contribution is 2.33. The molecule has 0 saturated carbocycles. The largest absolute Gasteiger partial charge is 0.366 e. The number of halogens is 1. The number of hydrogen-bond donors (Lipinski definition) is 1. The van der Waals surface area contributed by atoms with Gasteiger partial charge in [-0.3, -0.25) is 4.79 Å². The van der Waals surface area contributed by atoms with Crippen molar-refractivity contribution in [3.05, 3.63) is 83.2 Å². The molecule has 4 heteroatoms. The van der Waals surface area contributed by atoms with Crippen LogP contribution < -0.4 is 5.73 Å². The van der Waals surface area contributed by atoms with Gasteiger partial charge in [-0.15, -0.1) is 0 Å². The van der Waals surface area contributed by atoms with Crippen LogP contribution in [0.3, 0.4) is 0 Å². The zero-order valence-corrected chi connectivity index (χ0v) is 14.5. The lowest BCUT2D eigenvalue weighted by Crippen LogP contribution is -2.11. The number of hydrogen-bond acceptors (Lipinski definition) is 1. The SMILES string of the molecule is CCc1ccc2c3c(C(N)=O)cccc3n(Cc3ccc(F)cc3)c2c1. The maximum atomic E-state index is 13.3. The van der Waals surface area contributed by atoms with Gasteiger partial charge in [0.1, 0.15) is 5.82 Å². The summed E-state index contributed by atoms with van der Waals surface area (Å²) < 4.78 is 15.4. The second-order valence-corrected chi connectivity index (χ2v) is 6.48. The number of benzene rings is 3. The molecule has 130 valence electrons. The molecule has 4 rings (SSSR count). The number of amides is 1. The van der Waals surface area contributed by atoms with Crippen LogP contribution in [-0.2, 0) is 13.0 Å². The van der Waals surface area contributed by atoms with Crippen LogP contribution in [0.25, 0.3) is 21.8 Å². The summed E-state index contributed by atoms with van der Waals surface area (Å²) in [6.45, 7) is 2.71. The number of rotatable bonds is 4. The highest BCUT2D eigenvalue weighted by molar-refractivity contribution is 6.17.